The predicted octanol–water partition coefficient (Wildman–Crippen LogP) is 2.67. The maximum atomic E-state index is 13.4. The lowest BCUT2D eigenvalue weighted by molar-refractivity contribution is -0.125. The zero-order valence-electron chi connectivity index (χ0n) is 16.4. The molecule has 1 fully saturated rings. The highest BCUT2D eigenvalue weighted by Gasteiger charge is 2.54. The summed E-state index contributed by atoms with van der Waals surface area (Å²) >= 11 is 3.22. The Labute approximate surface area is 183 Å². The number of amides is 1. The summed E-state index contributed by atoms with van der Waals surface area (Å²) in [6.45, 7) is 3.72. The highest BCUT2D eigenvalue weighted by atomic mass is 79.9. The van der Waals surface area contributed by atoms with Gasteiger partial charge in [0.05, 0.1) is 11.3 Å². The van der Waals surface area contributed by atoms with Gasteiger partial charge in [-0.3, -0.25) is 4.79 Å². The lowest BCUT2D eigenvalue weighted by Gasteiger charge is -2.48. The van der Waals surface area contributed by atoms with Crippen LogP contribution in [0.25, 0.3) is 0 Å². The first kappa shape index (κ1) is 22.4. The van der Waals surface area contributed by atoms with Crippen molar-refractivity contribution in [3.63, 3.8) is 0 Å². The minimum absolute atomic E-state index is 0.0763. The van der Waals surface area contributed by atoms with E-state index in [1.165, 1.54) is 12.1 Å². The number of nitrogens with two attached hydrogens (primary N) is 1. The van der Waals surface area contributed by atoms with E-state index in [-0.39, 0.29) is 30.3 Å². The third-order valence-corrected chi connectivity index (χ3v) is 6.72. The summed E-state index contributed by atoms with van der Waals surface area (Å²) < 4.78 is 25.2. The highest BCUT2D eigenvalue weighted by Crippen LogP contribution is 2.40. The molecule has 0 aliphatic carbocycles. The van der Waals surface area contributed by atoms with Gasteiger partial charge >= 0.3 is 5.97 Å². The highest BCUT2D eigenvalue weighted by molar-refractivity contribution is 9.10. The number of rotatable bonds is 6. The van der Waals surface area contributed by atoms with Crippen molar-refractivity contribution >= 4 is 43.7 Å². The Bertz CT molecular complexity index is 1110. The molecule has 0 saturated carbocycles. The van der Waals surface area contributed by atoms with Gasteiger partial charge in [-0.1, -0.05) is 54.0 Å². The van der Waals surface area contributed by atoms with E-state index >= 15 is 0 Å². The van der Waals surface area contributed by atoms with Crippen LogP contribution in [0.3, 0.4) is 0 Å². The molecule has 0 spiro atoms. The first-order valence-corrected chi connectivity index (χ1v) is 11.5. The number of anilines is 1. The van der Waals surface area contributed by atoms with Gasteiger partial charge in [0.15, 0.2) is 0 Å². The van der Waals surface area contributed by atoms with Crippen LogP contribution in [0.2, 0.25) is 0 Å². The molecule has 30 heavy (non-hydrogen) atoms. The SMILES string of the molecule is CC(C)c1ccccc1C1(C(=O)Nc2ccc(Br)cc2C(=O)O)CN(S(N)(=O)=O)C1. The number of carboxylic acids is 1. The number of halogens is 1. The topological polar surface area (TPSA) is 130 Å². The second-order valence-electron chi connectivity index (χ2n) is 7.59. The first-order valence-electron chi connectivity index (χ1n) is 9.17. The Morgan fingerprint density at radius 2 is 1.83 bits per heavy atom. The molecule has 0 atom stereocenters. The number of nitrogens with one attached hydrogen (secondary N) is 1. The number of hydrogen-bond acceptors (Lipinski definition) is 4. The lowest BCUT2D eigenvalue weighted by Crippen LogP contribution is -2.67. The van der Waals surface area contributed by atoms with E-state index < -0.39 is 27.5 Å². The number of benzene rings is 2. The summed E-state index contributed by atoms with van der Waals surface area (Å²) in [5, 5.41) is 17.4. The Hall–Kier alpha value is -2.27. The molecular weight excluding hydrogens is 474 g/mol. The van der Waals surface area contributed by atoms with Crippen LogP contribution in [-0.2, 0) is 20.4 Å². The maximum Gasteiger partial charge on any atom is 0.337 e. The van der Waals surface area contributed by atoms with Crippen molar-refractivity contribution in [2.75, 3.05) is 18.4 Å². The van der Waals surface area contributed by atoms with Crippen LogP contribution >= 0.6 is 15.9 Å². The van der Waals surface area contributed by atoms with Gasteiger partial charge in [0.1, 0.15) is 5.41 Å². The number of hydrogen-bond donors (Lipinski definition) is 3. The van der Waals surface area contributed by atoms with Crippen molar-refractivity contribution < 1.29 is 23.1 Å². The standard InChI is InChI=1S/C20H22BrN3O5S/c1-12(2)14-5-3-4-6-16(14)20(10-24(11-20)30(22,28)29)19(27)23-17-8-7-13(21)9-15(17)18(25)26/h3-9,12H,10-11H2,1-2H3,(H,23,27)(H,25,26)(H2,22,28,29). The van der Waals surface area contributed by atoms with E-state index in [2.05, 4.69) is 21.2 Å². The van der Waals surface area contributed by atoms with Crippen molar-refractivity contribution in [1.29, 1.82) is 0 Å². The van der Waals surface area contributed by atoms with Crippen molar-refractivity contribution in [1.82, 2.24) is 4.31 Å². The van der Waals surface area contributed by atoms with Gasteiger partial charge in [0.25, 0.3) is 10.2 Å². The van der Waals surface area contributed by atoms with Crippen molar-refractivity contribution in [2.45, 2.75) is 25.2 Å². The fourth-order valence-electron chi connectivity index (χ4n) is 3.65. The summed E-state index contributed by atoms with van der Waals surface area (Å²) in [5.74, 6) is -1.58. The van der Waals surface area contributed by atoms with E-state index in [4.69, 9.17) is 5.14 Å². The smallest absolute Gasteiger partial charge is 0.337 e. The molecule has 1 aliphatic rings. The van der Waals surface area contributed by atoms with Crippen molar-refractivity contribution in [3.05, 3.63) is 63.6 Å². The molecule has 0 unspecified atom stereocenters. The fourth-order valence-corrected chi connectivity index (χ4v) is 4.81. The van der Waals surface area contributed by atoms with Gasteiger partial charge in [0.2, 0.25) is 5.91 Å². The van der Waals surface area contributed by atoms with Crippen molar-refractivity contribution in [3.8, 4) is 0 Å². The number of carbonyl (C=O) groups excluding carboxylic acids is 1. The molecule has 3 rings (SSSR count). The average molecular weight is 496 g/mol. The van der Waals surface area contributed by atoms with Crippen LogP contribution in [0.1, 0.15) is 41.3 Å². The monoisotopic (exact) mass is 495 g/mol. The second kappa shape index (κ2) is 8.10. The molecule has 2 aromatic rings. The molecule has 0 radical (unpaired) electrons. The van der Waals surface area contributed by atoms with Crippen LogP contribution in [0.4, 0.5) is 5.69 Å². The molecule has 2 aromatic carbocycles. The lowest BCUT2D eigenvalue weighted by atomic mass is 9.71. The maximum absolute atomic E-state index is 13.4. The average Bonchev–Trinajstić information content (AvgIpc) is 2.61. The molecule has 1 heterocycles. The number of carboxylic acid groups (broad SMARTS) is 1. The van der Waals surface area contributed by atoms with Gasteiger partial charge in [-0.15, -0.1) is 0 Å². The third kappa shape index (κ3) is 4.13. The second-order valence-corrected chi connectivity index (χ2v) is 10.0. The Kier molecular flexibility index (Phi) is 6.06. The first-order chi connectivity index (χ1) is 14.0. The van der Waals surface area contributed by atoms with E-state index in [0.717, 1.165) is 9.87 Å². The van der Waals surface area contributed by atoms with Gasteiger partial charge < -0.3 is 10.4 Å². The largest absolute Gasteiger partial charge is 0.478 e. The summed E-state index contributed by atoms with van der Waals surface area (Å²) in [4.78, 5) is 25.1. The van der Waals surface area contributed by atoms with Gasteiger partial charge in [-0.25, -0.2) is 9.93 Å². The molecule has 1 amide bonds. The summed E-state index contributed by atoms with van der Waals surface area (Å²) in [7, 11) is -3.96. The van der Waals surface area contributed by atoms with Gasteiger partial charge in [-0.2, -0.15) is 12.7 Å². The van der Waals surface area contributed by atoms with Crippen molar-refractivity contribution in [2.24, 2.45) is 5.14 Å². The van der Waals surface area contributed by atoms with E-state index in [1.807, 2.05) is 26.0 Å². The normalized spacial score (nSPS) is 16.2. The number of aromatic carboxylic acids is 1. The molecule has 0 bridgehead atoms. The number of nitrogens with zero attached hydrogens (tertiary/aromatic N) is 1. The zero-order valence-corrected chi connectivity index (χ0v) is 18.8. The van der Waals surface area contributed by atoms with Gasteiger partial charge in [0, 0.05) is 17.6 Å². The predicted molar refractivity (Wildman–Crippen MR) is 117 cm³/mol. The van der Waals surface area contributed by atoms with E-state index in [9.17, 15) is 23.1 Å². The number of carbonyl (C=O) groups is 2. The molecule has 4 N–H and O–H groups in total. The minimum atomic E-state index is -3.96. The van der Waals surface area contributed by atoms with Crippen LogP contribution in [0.5, 0.6) is 0 Å². The molecule has 0 aromatic heterocycles. The summed E-state index contributed by atoms with van der Waals surface area (Å²) in [5.41, 5.74) is 0.483. The minimum Gasteiger partial charge on any atom is -0.478 e. The zero-order chi connectivity index (χ0) is 22.3. The molecule has 10 heteroatoms. The van der Waals surface area contributed by atoms with Crippen LogP contribution in [0.15, 0.2) is 46.9 Å². The van der Waals surface area contributed by atoms with E-state index in [1.54, 1.807) is 18.2 Å². The molecule has 1 saturated heterocycles. The fraction of sp³-hybridized carbons (Fsp3) is 0.300. The quantitative estimate of drug-likeness (QED) is 0.566. The Balaban J connectivity index is 2.06. The van der Waals surface area contributed by atoms with Crippen LogP contribution in [0, 0.1) is 0 Å². The van der Waals surface area contributed by atoms with Crippen LogP contribution < -0.4 is 10.5 Å². The molecule has 8 nitrogen and oxygen atoms in total. The van der Waals surface area contributed by atoms with E-state index in [0.29, 0.717) is 10.0 Å². The summed E-state index contributed by atoms with van der Waals surface area (Å²) in [6.07, 6.45) is 0. The van der Waals surface area contributed by atoms with Crippen LogP contribution in [-0.4, -0.2) is 42.8 Å². The molecule has 1 aliphatic heterocycles. The molecule has 160 valence electrons. The molecular formula is C20H22BrN3O5S. The van der Waals surface area contributed by atoms with Gasteiger partial charge in [-0.05, 0) is 35.2 Å². The Morgan fingerprint density at radius 1 is 1.20 bits per heavy atom. The third-order valence-electron chi connectivity index (χ3n) is 5.25. The summed E-state index contributed by atoms with van der Waals surface area (Å²) in [6, 6.07) is 11.9. The Morgan fingerprint density at radius 3 is 2.40 bits per heavy atom.